The second-order valence-electron chi connectivity index (χ2n) is 4.41. The van der Waals surface area contributed by atoms with Gasteiger partial charge in [-0.3, -0.25) is 0 Å². The average Bonchev–Trinajstić information content (AvgIpc) is 2.70. The maximum atomic E-state index is 9.88. The Morgan fingerprint density at radius 2 is 2.11 bits per heavy atom. The third-order valence-electron chi connectivity index (χ3n) is 2.71. The van der Waals surface area contributed by atoms with E-state index in [1.807, 2.05) is 50.3 Å². The molecule has 0 unspecified atom stereocenters. The van der Waals surface area contributed by atoms with Crippen molar-refractivity contribution in [3.8, 4) is 0 Å². The van der Waals surface area contributed by atoms with Gasteiger partial charge < -0.3 is 10.1 Å². The highest BCUT2D eigenvalue weighted by Gasteiger charge is 2.00. The van der Waals surface area contributed by atoms with E-state index in [0.29, 0.717) is 5.02 Å². The summed E-state index contributed by atoms with van der Waals surface area (Å²) in [5.74, 6) is 0.216. The van der Waals surface area contributed by atoms with E-state index >= 15 is 0 Å². The molecule has 2 rings (SSSR count). The van der Waals surface area contributed by atoms with Gasteiger partial charge in [-0.15, -0.1) is 0 Å². The molecule has 1 heterocycles. The van der Waals surface area contributed by atoms with E-state index in [2.05, 4.69) is 4.98 Å². The van der Waals surface area contributed by atoms with E-state index in [1.165, 1.54) is 0 Å². The summed E-state index contributed by atoms with van der Waals surface area (Å²) in [5, 5.41) is 11.6. The van der Waals surface area contributed by atoms with E-state index in [0.717, 1.165) is 22.2 Å². The molecule has 0 radical (unpaired) electrons. The standard InChI is InChI=1S/C16H16ClNO/c1-3-4-11(2)7-15(19)10-14-9-12-8-13(17)5-6-16(12)18-14/h3-10,18-19H,1-2H3/b4-3-,11-7-,15-10-. The van der Waals surface area contributed by atoms with Gasteiger partial charge in [0.05, 0.1) is 0 Å². The van der Waals surface area contributed by atoms with E-state index in [9.17, 15) is 5.11 Å². The van der Waals surface area contributed by atoms with Crippen LogP contribution in [0.1, 0.15) is 19.5 Å². The van der Waals surface area contributed by atoms with Crippen LogP contribution in [-0.2, 0) is 0 Å². The van der Waals surface area contributed by atoms with Crippen molar-refractivity contribution >= 4 is 28.6 Å². The molecule has 0 aliphatic carbocycles. The highest BCUT2D eigenvalue weighted by Crippen LogP contribution is 2.21. The Hall–Kier alpha value is -1.93. The molecule has 0 atom stereocenters. The zero-order valence-electron chi connectivity index (χ0n) is 10.9. The molecule has 19 heavy (non-hydrogen) atoms. The molecular weight excluding hydrogens is 258 g/mol. The molecule has 2 nitrogen and oxygen atoms in total. The van der Waals surface area contributed by atoms with E-state index in [-0.39, 0.29) is 5.76 Å². The summed E-state index contributed by atoms with van der Waals surface area (Å²) in [5.41, 5.74) is 2.84. The lowest BCUT2D eigenvalue weighted by Gasteiger charge is -1.93. The Balaban J connectivity index is 2.32. The number of H-pyrrole nitrogens is 1. The lowest BCUT2D eigenvalue weighted by Crippen LogP contribution is -1.78. The molecule has 2 aromatic rings. The van der Waals surface area contributed by atoms with E-state index < -0.39 is 0 Å². The molecular formula is C16H16ClNO. The first-order valence-corrected chi connectivity index (χ1v) is 6.46. The number of aromatic nitrogens is 1. The van der Waals surface area contributed by atoms with Crippen LogP contribution in [0.15, 0.2) is 53.8 Å². The second kappa shape index (κ2) is 5.81. The van der Waals surface area contributed by atoms with Gasteiger partial charge in [-0.1, -0.05) is 23.8 Å². The molecule has 2 N–H and O–H groups in total. The Bertz CT molecular complexity index is 677. The summed E-state index contributed by atoms with van der Waals surface area (Å²) in [6.07, 6.45) is 7.29. The molecule has 0 aliphatic heterocycles. The van der Waals surface area contributed by atoms with Crippen LogP contribution in [0.5, 0.6) is 0 Å². The van der Waals surface area contributed by atoms with Crippen LogP contribution in [0.25, 0.3) is 17.0 Å². The van der Waals surface area contributed by atoms with Crippen LogP contribution in [-0.4, -0.2) is 10.1 Å². The molecule has 0 saturated heterocycles. The fourth-order valence-corrected chi connectivity index (χ4v) is 2.13. The van der Waals surface area contributed by atoms with Crippen molar-refractivity contribution in [2.45, 2.75) is 13.8 Å². The smallest absolute Gasteiger partial charge is 0.117 e. The number of rotatable bonds is 3. The monoisotopic (exact) mass is 273 g/mol. The maximum absolute atomic E-state index is 9.88. The number of nitrogens with one attached hydrogen (secondary N) is 1. The number of aliphatic hydroxyl groups excluding tert-OH is 1. The zero-order valence-corrected chi connectivity index (χ0v) is 11.7. The van der Waals surface area contributed by atoms with Crippen molar-refractivity contribution in [2.24, 2.45) is 0 Å². The Kier molecular flexibility index (Phi) is 4.13. The largest absolute Gasteiger partial charge is 0.508 e. The minimum atomic E-state index is 0.216. The second-order valence-corrected chi connectivity index (χ2v) is 4.85. The predicted molar refractivity (Wildman–Crippen MR) is 82.5 cm³/mol. The highest BCUT2D eigenvalue weighted by atomic mass is 35.5. The van der Waals surface area contributed by atoms with Crippen LogP contribution >= 0.6 is 11.6 Å². The first-order valence-electron chi connectivity index (χ1n) is 6.08. The minimum Gasteiger partial charge on any atom is -0.508 e. The summed E-state index contributed by atoms with van der Waals surface area (Å²) in [6.45, 7) is 3.88. The Morgan fingerprint density at radius 1 is 1.32 bits per heavy atom. The number of aliphatic hydroxyl groups is 1. The van der Waals surface area contributed by atoms with Crippen molar-refractivity contribution in [1.29, 1.82) is 0 Å². The number of hydrogen-bond acceptors (Lipinski definition) is 1. The van der Waals surface area contributed by atoms with Crippen LogP contribution in [0.3, 0.4) is 0 Å². The normalized spacial score (nSPS) is 13.6. The summed E-state index contributed by atoms with van der Waals surface area (Å²) in [7, 11) is 0. The third kappa shape index (κ3) is 3.52. The van der Waals surface area contributed by atoms with Crippen molar-refractivity contribution in [3.63, 3.8) is 0 Å². The van der Waals surface area contributed by atoms with Crippen LogP contribution in [0, 0.1) is 0 Å². The highest BCUT2D eigenvalue weighted by molar-refractivity contribution is 6.31. The van der Waals surface area contributed by atoms with E-state index in [1.54, 1.807) is 12.2 Å². The summed E-state index contributed by atoms with van der Waals surface area (Å²) in [4.78, 5) is 3.22. The zero-order chi connectivity index (χ0) is 13.8. The van der Waals surface area contributed by atoms with Crippen molar-refractivity contribution < 1.29 is 5.11 Å². The number of allylic oxidation sites excluding steroid dienone is 4. The van der Waals surface area contributed by atoms with Gasteiger partial charge in [0, 0.05) is 27.7 Å². The summed E-state index contributed by atoms with van der Waals surface area (Å²) < 4.78 is 0. The molecule has 0 amide bonds. The molecule has 0 saturated carbocycles. The number of aromatic amines is 1. The van der Waals surface area contributed by atoms with Gasteiger partial charge in [0.1, 0.15) is 5.76 Å². The van der Waals surface area contributed by atoms with Gasteiger partial charge >= 0.3 is 0 Å². The molecule has 1 aromatic heterocycles. The predicted octanol–water partition coefficient (Wildman–Crippen LogP) is 5.24. The third-order valence-corrected chi connectivity index (χ3v) is 2.95. The maximum Gasteiger partial charge on any atom is 0.117 e. The van der Waals surface area contributed by atoms with Gasteiger partial charge in [-0.05, 0) is 49.8 Å². The van der Waals surface area contributed by atoms with Crippen LogP contribution in [0.4, 0.5) is 0 Å². The molecule has 0 bridgehead atoms. The molecule has 0 aliphatic rings. The van der Waals surface area contributed by atoms with Crippen LogP contribution < -0.4 is 0 Å². The lowest BCUT2D eigenvalue weighted by molar-refractivity contribution is 0.437. The minimum absolute atomic E-state index is 0.216. The molecule has 0 fully saturated rings. The SMILES string of the molecule is C\C=C/C(C)=C\C(O)=C\c1cc2cc(Cl)ccc2[nH]1. The van der Waals surface area contributed by atoms with Crippen molar-refractivity contribution in [2.75, 3.05) is 0 Å². The fourth-order valence-electron chi connectivity index (χ4n) is 1.95. The number of benzene rings is 1. The quantitative estimate of drug-likeness (QED) is 0.582. The number of hydrogen-bond donors (Lipinski definition) is 2. The summed E-state index contributed by atoms with van der Waals surface area (Å²) >= 11 is 5.94. The molecule has 3 heteroatoms. The molecule has 98 valence electrons. The van der Waals surface area contributed by atoms with Gasteiger partial charge in [0.25, 0.3) is 0 Å². The van der Waals surface area contributed by atoms with Gasteiger partial charge in [-0.2, -0.15) is 0 Å². The molecule has 1 aromatic carbocycles. The lowest BCUT2D eigenvalue weighted by atomic mass is 10.2. The number of halogens is 1. The van der Waals surface area contributed by atoms with Crippen molar-refractivity contribution in [3.05, 3.63) is 64.5 Å². The van der Waals surface area contributed by atoms with Crippen LogP contribution in [0.2, 0.25) is 5.02 Å². The van der Waals surface area contributed by atoms with E-state index in [4.69, 9.17) is 11.6 Å². The topological polar surface area (TPSA) is 36.0 Å². The Labute approximate surface area is 117 Å². The number of fused-ring (bicyclic) bond motifs is 1. The van der Waals surface area contributed by atoms with Crippen molar-refractivity contribution in [1.82, 2.24) is 4.98 Å². The Morgan fingerprint density at radius 3 is 2.84 bits per heavy atom. The first kappa shape index (κ1) is 13.5. The average molecular weight is 274 g/mol. The van der Waals surface area contributed by atoms with Gasteiger partial charge in [-0.25, -0.2) is 0 Å². The van der Waals surface area contributed by atoms with Gasteiger partial charge in [0.15, 0.2) is 0 Å². The van der Waals surface area contributed by atoms with Gasteiger partial charge in [0.2, 0.25) is 0 Å². The molecule has 0 spiro atoms. The first-order chi connectivity index (χ1) is 9.08. The fraction of sp³-hybridized carbons (Fsp3) is 0.125. The summed E-state index contributed by atoms with van der Waals surface area (Å²) in [6, 6.07) is 7.61.